The summed E-state index contributed by atoms with van der Waals surface area (Å²) in [6.07, 6.45) is -2.08. The van der Waals surface area contributed by atoms with Crippen LogP contribution in [0.4, 0.5) is 13.2 Å². The third-order valence-corrected chi connectivity index (χ3v) is 5.44. The van der Waals surface area contributed by atoms with Gasteiger partial charge in [0.2, 0.25) is 0 Å². The molecule has 4 nitrogen and oxygen atoms in total. The molecular weight excluding hydrogens is 367 g/mol. The number of hydrogen-bond acceptors (Lipinski definition) is 3. The summed E-state index contributed by atoms with van der Waals surface area (Å²) in [6, 6.07) is 2.85. The molecule has 1 aromatic rings. The van der Waals surface area contributed by atoms with Gasteiger partial charge in [0.15, 0.2) is 9.84 Å². The van der Waals surface area contributed by atoms with Gasteiger partial charge in [0.05, 0.1) is 15.5 Å². The summed E-state index contributed by atoms with van der Waals surface area (Å²) in [6.45, 7) is 0.165. The second kappa shape index (κ2) is 6.55. The van der Waals surface area contributed by atoms with Crippen LogP contribution < -0.4 is 0 Å². The molecule has 1 unspecified atom stereocenters. The fourth-order valence-electron chi connectivity index (χ4n) is 2.48. The Morgan fingerprint density at radius 1 is 1.38 bits per heavy atom. The molecule has 1 saturated carbocycles. The Kier molecular flexibility index (Phi) is 5.20. The van der Waals surface area contributed by atoms with Crippen molar-refractivity contribution in [3.63, 3.8) is 0 Å². The monoisotopic (exact) mass is 383 g/mol. The zero-order valence-electron chi connectivity index (χ0n) is 13.1. The van der Waals surface area contributed by atoms with Crippen molar-refractivity contribution in [2.24, 2.45) is 5.92 Å². The number of carbonyl (C=O) groups excluding carboxylic acids is 1. The molecule has 1 aliphatic rings. The van der Waals surface area contributed by atoms with Gasteiger partial charge in [0, 0.05) is 12.3 Å². The molecule has 9 heteroatoms. The van der Waals surface area contributed by atoms with Gasteiger partial charge in [0.25, 0.3) is 5.91 Å². The average Bonchev–Trinajstić information content (AvgIpc) is 3.26. The lowest BCUT2D eigenvalue weighted by Gasteiger charge is -2.30. The van der Waals surface area contributed by atoms with Gasteiger partial charge >= 0.3 is 6.18 Å². The lowest BCUT2D eigenvalue weighted by atomic mass is 10.1. The highest BCUT2D eigenvalue weighted by molar-refractivity contribution is 7.90. The Bertz CT molecular complexity index is 745. The highest BCUT2D eigenvalue weighted by Crippen LogP contribution is 2.37. The van der Waals surface area contributed by atoms with E-state index in [1.807, 2.05) is 0 Å². The van der Waals surface area contributed by atoms with E-state index in [4.69, 9.17) is 11.6 Å². The predicted molar refractivity (Wildman–Crippen MR) is 83.8 cm³/mol. The minimum atomic E-state index is -4.56. The van der Waals surface area contributed by atoms with Gasteiger partial charge in [0.1, 0.15) is 6.54 Å². The van der Waals surface area contributed by atoms with E-state index in [0.29, 0.717) is 0 Å². The van der Waals surface area contributed by atoms with Gasteiger partial charge in [-0.2, -0.15) is 13.2 Å². The Morgan fingerprint density at radius 2 is 1.96 bits per heavy atom. The first-order valence-electron chi connectivity index (χ1n) is 7.27. The van der Waals surface area contributed by atoms with Gasteiger partial charge in [-0.1, -0.05) is 11.6 Å². The Morgan fingerprint density at radius 3 is 2.42 bits per heavy atom. The van der Waals surface area contributed by atoms with E-state index in [1.165, 1.54) is 12.1 Å². The molecule has 0 spiro atoms. The molecule has 0 aliphatic heterocycles. The molecular formula is C15H17ClF3NO3S. The lowest BCUT2D eigenvalue weighted by molar-refractivity contribution is -0.144. The number of carbonyl (C=O) groups is 1. The van der Waals surface area contributed by atoms with Crippen molar-refractivity contribution in [3.05, 3.63) is 28.8 Å². The number of nitrogens with zero attached hydrogens (tertiary/aromatic N) is 1. The fraction of sp³-hybridized carbons (Fsp3) is 0.533. The smallest absolute Gasteiger partial charge is 0.327 e. The van der Waals surface area contributed by atoms with Crippen LogP contribution in [-0.4, -0.2) is 44.2 Å². The molecule has 24 heavy (non-hydrogen) atoms. The third-order valence-electron chi connectivity index (χ3n) is 4.00. The molecule has 1 aliphatic carbocycles. The van der Waals surface area contributed by atoms with Gasteiger partial charge in [-0.15, -0.1) is 0 Å². The molecule has 1 aromatic carbocycles. The molecule has 0 radical (unpaired) electrons. The minimum absolute atomic E-state index is 0.0214. The molecule has 134 valence electrons. The fourth-order valence-corrected chi connectivity index (χ4v) is 3.33. The van der Waals surface area contributed by atoms with Crippen molar-refractivity contribution in [2.75, 3.05) is 12.8 Å². The maximum atomic E-state index is 12.9. The predicted octanol–water partition coefficient (Wildman–Crippen LogP) is 3.55. The summed E-state index contributed by atoms with van der Waals surface area (Å²) in [5, 5.41) is -0.0810. The lowest BCUT2D eigenvalue weighted by Crippen LogP contribution is -2.45. The Balaban J connectivity index is 2.41. The molecule has 1 fully saturated rings. The van der Waals surface area contributed by atoms with Crippen LogP contribution in [0.15, 0.2) is 23.1 Å². The van der Waals surface area contributed by atoms with Crippen molar-refractivity contribution in [1.29, 1.82) is 0 Å². The van der Waals surface area contributed by atoms with Crippen LogP contribution >= 0.6 is 11.6 Å². The molecule has 0 heterocycles. The topological polar surface area (TPSA) is 54.5 Å². The second-order valence-corrected chi connectivity index (χ2v) is 8.46. The average molecular weight is 384 g/mol. The minimum Gasteiger partial charge on any atom is -0.327 e. The van der Waals surface area contributed by atoms with E-state index < -0.39 is 34.5 Å². The Hall–Kier alpha value is -1.28. The number of amides is 1. The van der Waals surface area contributed by atoms with Crippen molar-refractivity contribution in [1.82, 2.24) is 4.90 Å². The summed E-state index contributed by atoms with van der Waals surface area (Å²) in [4.78, 5) is 13.2. The van der Waals surface area contributed by atoms with Gasteiger partial charge < -0.3 is 4.90 Å². The van der Waals surface area contributed by atoms with Gasteiger partial charge in [-0.3, -0.25) is 4.79 Å². The standard InChI is InChI=1S/C15H17ClF3NO3S/c1-9(10-3-4-10)20(8-15(17,18)19)14(21)12-7-11(24(2,22)23)5-6-13(12)16/h5-7,9-10H,3-4,8H2,1-2H3. The van der Waals surface area contributed by atoms with E-state index in [-0.39, 0.29) is 21.4 Å². The summed E-state index contributed by atoms with van der Waals surface area (Å²) < 4.78 is 61.9. The van der Waals surface area contributed by atoms with Crippen LogP contribution in [0.2, 0.25) is 5.02 Å². The number of sulfone groups is 1. The molecule has 1 atom stereocenters. The first-order valence-corrected chi connectivity index (χ1v) is 9.54. The van der Waals surface area contributed by atoms with E-state index in [2.05, 4.69) is 0 Å². The maximum Gasteiger partial charge on any atom is 0.406 e. The number of rotatable bonds is 5. The molecule has 2 rings (SSSR count). The normalized spacial score (nSPS) is 16.8. The molecule has 0 aromatic heterocycles. The van der Waals surface area contributed by atoms with Gasteiger partial charge in [-0.05, 0) is 43.9 Å². The van der Waals surface area contributed by atoms with Crippen molar-refractivity contribution >= 4 is 27.3 Å². The van der Waals surface area contributed by atoms with Crippen LogP contribution in [0.5, 0.6) is 0 Å². The molecule has 0 saturated heterocycles. The first-order chi connectivity index (χ1) is 10.9. The van der Waals surface area contributed by atoms with Crippen molar-refractivity contribution in [3.8, 4) is 0 Å². The van der Waals surface area contributed by atoms with E-state index >= 15 is 0 Å². The molecule has 1 amide bonds. The molecule has 0 N–H and O–H groups in total. The van der Waals surface area contributed by atoms with E-state index in [9.17, 15) is 26.4 Å². The number of hydrogen-bond donors (Lipinski definition) is 0. The van der Waals surface area contributed by atoms with Crippen molar-refractivity contribution in [2.45, 2.75) is 36.9 Å². The quantitative estimate of drug-likeness (QED) is 0.781. The Labute approximate surface area is 143 Å². The van der Waals surface area contributed by atoms with Crippen LogP contribution in [0.25, 0.3) is 0 Å². The summed E-state index contributed by atoms with van der Waals surface area (Å²) in [5.74, 6) is -0.893. The third kappa shape index (κ3) is 4.63. The summed E-state index contributed by atoms with van der Waals surface area (Å²) >= 11 is 5.93. The zero-order valence-corrected chi connectivity index (χ0v) is 14.7. The van der Waals surface area contributed by atoms with Crippen LogP contribution in [0.3, 0.4) is 0 Å². The second-order valence-electron chi connectivity index (χ2n) is 6.04. The van der Waals surface area contributed by atoms with Gasteiger partial charge in [-0.25, -0.2) is 8.42 Å². The van der Waals surface area contributed by atoms with Crippen LogP contribution in [0.1, 0.15) is 30.1 Å². The largest absolute Gasteiger partial charge is 0.406 e. The maximum absolute atomic E-state index is 12.9. The highest BCUT2D eigenvalue weighted by atomic mass is 35.5. The van der Waals surface area contributed by atoms with Crippen molar-refractivity contribution < 1.29 is 26.4 Å². The zero-order chi connectivity index (χ0) is 18.3. The first kappa shape index (κ1) is 19.1. The summed E-state index contributed by atoms with van der Waals surface area (Å²) in [7, 11) is -3.61. The highest BCUT2D eigenvalue weighted by Gasteiger charge is 2.41. The van der Waals surface area contributed by atoms with Crippen LogP contribution in [-0.2, 0) is 9.84 Å². The van der Waals surface area contributed by atoms with E-state index in [0.717, 1.165) is 30.1 Å². The SMILES string of the molecule is CC(C1CC1)N(CC(F)(F)F)C(=O)c1cc(S(C)(=O)=O)ccc1Cl. The number of alkyl halides is 3. The summed E-state index contributed by atoms with van der Waals surface area (Å²) in [5.41, 5.74) is -0.239. The van der Waals surface area contributed by atoms with Crippen LogP contribution in [0, 0.1) is 5.92 Å². The van der Waals surface area contributed by atoms with E-state index in [1.54, 1.807) is 6.92 Å². The number of halogens is 4. The molecule has 0 bridgehead atoms. The number of benzene rings is 1.